The molecule has 2 saturated carbocycles. The van der Waals surface area contributed by atoms with Crippen molar-refractivity contribution in [2.45, 2.75) is 83.8 Å². The quantitative estimate of drug-likeness (QED) is 0.0699. The molecule has 10 rings (SSSR count). The first kappa shape index (κ1) is 60.9. The third kappa shape index (κ3) is 13.0. The third-order valence-electron chi connectivity index (χ3n) is 13.5. The summed E-state index contributed by atoms with van der Waals surface area (Å²) < 4.78 is 50.2. The molecule has 0 saturated heterocycles. The van der Waals surface area contributed by atoms with Gasteiger partial charge in [0.2, 0.25) is 0 Å². The topological polar surface area (TPSA) is 187 Å². The summed E-state index contributed by atoms with van der Waals surface area (Å²) in [6, 6.07) is 38.4. The van der Waals surface area contributed by atoms with Crippen LogP contribution >= 0.6 is 46.3 Å². The van der Waals surface area contributed by atoms with E-state index in [1.54, 1.807) is 113 Å². The molecule has 2 atom stereocenters. The second kappa shape index (κ2) is 25.6. The SMILES string of the molecule is C.Cc1nsc(-c2ccc(-c3ccc(C4(C(=O)O)CC4)cc3)c(F)c2)c1NC(=O)O[C@H](C)c1ccccc1Cl.Cc1nsc(-c2ccc(-c3ccc(C4([C-]=O)CC4)cc3)c(F)c2)c1NC(=O)O[C@H](C)c1ccccc1Cl.[Na+].[OH-]. The zero-order valence-corrected chi connectivity index (χ0v) is 47.4. The Morgan fingerprint density at radius 1 is 0.628 bits per heavy atom. The summed E-state index contributed by atoms with van der Waals surface area (Å²) in [6.45, 7) is 6.99. The van der Waals surface area contributed by atoms with Crippen molar-refractivity contribution in [3.63, 3.8) is 0 Å². The van der Waals surface area contributed by atoms with Crippen LogP contribution in [0, 0.1) is 25.5 Å². The molecule has 6 aromatic carbocycles. The van der Waals surface area contributed by atoms with Crippen molar-refractivity contribution in [3.05, 3.63) is 189 Å². The zero-order valence-electron chi connectivity index (χ0n) is 42.3. The Morgan fingerprint density at radius 3 is 1.36 bits per heavy atom. The maximum atomic E-state index is 15.3. The van der Waals surface area contributed by atoms with Crippen LogP contribution < -0.4 is 40.2 Å². The number of carboxylic acids is 1. The number of aromatic nitrogens is 2. The molecule has 4 N–H and O–H groups in total. The zero-order chi connectivity index (χ0) is 53.2. The summed E-state index contributed by atoms with van der Waals surface area (Å²) >= 11 is 14.7. The van der Waals surface area contributed by atoms with E-state index in [9.17, 15) is 24.3 Å². The summed E-state index contributed by atoms with van der Waals surface area (Å²) in [5.74, 6) is -1.67. The fourth-order valence-electron chi connectivity index (χ4n) is 8.79. The predicted octanol–water partition coefficient (Wildman–Crippen LogP) is 13.5. The van der Waals surface area contributed by atoms with Crippen LogP contribution in [-0.4, -0.2) is 43.8 Å². The number of halogens is 4. The molecule has 0 aliphatic heterocycles. The Hall–Kier alpha value is -6.34. The van der Waals surface area contributed by atoms with Crippen molar-refractivity contribution >= 4 is 82.1 Å². The van der Waals surface area contributed by atoms with Gasteiger partial charge in [-0.25, -0.2) is 18.4 Å². The number of hydrogen-bond donors (Lipinski definition) is 3. The van der Waals surface area contributed by atoms with Crippen LogP contribution in [0.25, 0.3) is 43.1 Å². The monoisotopic (exact) mass is 1140 g/mol. The van der Waals surface area contributed by atoms with E-state index in [2.05, 4.69) is 25.7 Å². The molecule has 0 spiro atoms. The van der Waals surface area contributed by atoms with Gasteiger partial charge in [-0.15, -0.1) is 5.41 Å². The molecule has 8 aromatic rings. The first-order valence-electron chi connectivity index (χ1n) is 23.8. The first-order chi connectivity index (χ1) is 36.0. The number of aryl methyl sites for hydroxylation is 2. The number of nitrogens with zero attached hydrogens (tertiary/aromatic N) is 2. The van der Waals surface area contributed by atoms with Gasteiger partial charge in [-0.3, -0.25) is 21.7 Å². The minimum absolute atomic E-state index is 0. The fourth-order valence-corrected chi connectivity index (χ4v) is 11.1. The molecule has 0 bridgehead atoms. The Morgan fingerprint density at radius 2 is 1.01 bits per heavy atom. The van der Waals surface area contributed by atoms with E-state index >= 15 is 8.78 Å². The molecule has 78 heavy (non-hydrogen) atoms. The molecule has 12 nitrogen and oxygen atoms in total. The van der Waals surface area contributed by atoms with Crippen LogP contribution in [0.1, 0.15) is 92.8 Å². The minimum atomic E-state index is -0.827. The third-order valence-corrected chi connectivity index (χ3v) is 16.2. The van der Waals surface area contributed by atoms with Gasteiger partial charge in [0.1, 0.15) is 23.8 Å². The predicted molar refractivity (Wildman–Crippen MR) is 299 cm³/mol. The van der Waals surface area contributed by atoms with Gasteiger partial charge in [0.25, 0.3) is 0 Å². The van der Waals surface area contributed by atoms with Crippen LogP contribution in [0.15, 0.2) is 133 Å². The number of ether oxygens (including phenoxy) is 2. The normalized spacial score (nSPS) is 14.0. The van der Waals surface area contributed by atoms with E-state index in [1.165, 1.54) is 23.7 Å². The van der Waals surface area contributed by atoms with Crippen LogP contribution in [0.3, 0.4) is 0 Å². The van der Waals surface area contributed by atoms with E-state index in [-0.39, 0.29) is 42.5 Å². The van der Waals surface area contributed by atoms with Gasteiger partial charge in [-0.2, -0.15) is 8.75 Å². The second-order valence-corrected chi connectivity index (χ2v) is 20.8. The summed E-state index contributed by atoms with van der Waals surface area (Å²) in [4.78, 5) is 49.4. The summed E-state index contributed by atoms with van der Waals surface area (Å²) in [6.07, 6.45) is 2.49. The molecular formula is C59H52Cl2F2N4NaO8S2-. The fraction of sp³-hybridized carbons (Fsp3) is 0.220. The number of aliphatic carboxylic acids is 1. The molecular weight excluding hydrogens is 1090 g/mol. The van der Waals surface area contributed by atoms with E-state index in [0.29, 0.717) is 99.9 Å². The van der Waals surface area contributed by atoms with Gasteiger partial charge in [0.15, 0.2) is 0 Å². The van der Waals surface area contributed by atoms with Crippen LogP contribution in [0.4, 0.5) is 29.7 Å². The molecule has 398 valence electrons. The summed E-state index contributed by atoms with van der Waals surface area (Å²) in [5, 5.41) is 16.0. The van der Waals surface area contributed by atoms with Crippen molar-refractivity contribution < 1.29 is 77.6 Å². The Bertz CT molecular complexity index is 3480. The van der Waals surface area contributed by atoms with Crippen molar-refractivity contribution in [2.24, 2.45) is 0 Å². The van der Waals surface area contributed by atoms with Gasteiger partial charge < -0.3 is 24.9 Å². The Balaban J connectivity index is 0.000000243. The Kier molecular flexibility index (Phi) is 20.0. The molecule has 2 amide bonds. The van der Waals surface area contributed by atoms with Gasteiger partial charge >= 0.3 is 47.7 Å². The average molecular weight is 1140 g/mol. The van der Waals surface area contributed by atoms with E-state index in [0.717, 1.165) is 35.5 Å². The van der Waals surface area contributed by atoms with Gasteiger partial charge in [-0.1, -0.05) is 158 Å². The average Bonchev–Trinajstić information content (AvgIpc) is 4.34. The second-order valence-electron chi connectivity index (χ2n) is 18.4. The number of carbonyl (C=O) groups is 3. The number of carbonyl (C=O) groups excluding carboxylic acids is 3. The summed E-state index contributed by atoms with van der Waals surface area (Å²) in [7, 11) is 0. The number of amides is 2. The molecule has 2 heterocycles. The molecule has 2 fully saturated rings. The number of rotatable bonds is 14. The molecule has 0 radical (unpaired) electrons. The van der Waals surface area contributed by atoms with E-state index < -0.39 is 52.8 Å². The van der Waals surface area contributed by atoms with Crippen molar-refractivity contribution in [1.82, 2.24) is 8.75 Å². The van der Waals surface area contributed by atoms with Crippen molar-refractivity contribution in [3.8, 4) is 43.1 Å². The smallest absolute Gasteiger partial charge is 0.870 e. The molecule has 19 heteroatoms. The van der Waals surface area contributed by atoms with Crippen LogP contribution in [0.5, 0.6) is 0 Å². The number of anilines is 2. The molecule has 2 aromatic heterocycles. The minimum Gasteiger partial charge on any atom is -0.870 e. The van der Waals surface area contributed by atoms with E-state index in [4.69, 9.17) is 32.7 Å². The maximum absolute atomic E-state index is 15.3. The van der Waals surface area contributed by atoms with Crippen molar-refractivity contribution in [1.29, 1.82) is 0 Å². The number of benzene rings is 6. The van der Waals surface area contributed by atoms with E-state index in [1.807, 2.05) is 36.4 Å². The van der Waals surface area contributed by atoms with Gasteiger partial charge in [0.05, 0.1) is 37.9 Å². The maximum Gasteiger partial charge on any atom is 1.00 e. The standard InChI is InChI=1S/C29H24ClFN2O4S.C29H23ClFN2O3S.CH4.Na.H2O/c1-16-25(32-28(36)37-17(2)21-5-3-4-6-23(21)30)26(38-33-16)19-9-12-22(24(31)15-19)18-7-10-20(11-8-18)29(13-14-29)27(34)35;1-17-26(32-28(35)36-18(2)22-5-3-4-6-24(22)30)27(37-33-17)20-9-12-23(25(31)15-20)19-7-10-21(11-8-19)29(16-34)13-14-29;;;/h3-12,15,17H,13-14H2,1-2H3,(H,32,36)(H,34,35);3-12,15,18H,13-14H2,1-2H3,(H,32,35);1H4;;1H2/q;-1;;+1;/p-1/t17-;18-;;;/m11.../s1. The Labute approximate surface area is 491 Å². The van der Waals surface area contributed by atoms with Crippen LogP contribution in [0.2, 0.25) is 10.0 Å². The first-order valence-corrected chi connectivity index (χ1v) is 26.1. The number of nitrogens with one attached hydrogen (secondary N) is 2. The summed E-state index contributed by atoms with van der Waals surface area (Å²) in [5.41, 5.74) is 7.19. The largest absolute Gasteiger partial charge is 1.00 e. The number of carboxylic acid groups (broad SMARTS) is 1. The molecule has 2 aliphatic rings. The van der Waals surface area contributed by atoms with Gasteiger partial charge in [0, 0.05) is 32.3 Å². The number of hydrogen-bond acceptors (Lipinski definition) is 11. The van der Waals surface area contributed by atoms with Crippen molar-refractivity contribution in [2.75, 3.05) is 10.6 Å². The molecule has 2 aliphatic carbocycles. The van der Waals surface area contributed by atoms with Gasteiger partial charge in [-0.05, 0) is 116 Å². The molecule has 0 unspecified atom stereocenters. The van der Waals surface area contributed by atoms with Crippen LogP contribution in [-0.2, 0) is 29.9 Å².